The lowest BCUT2D eigenvalue weighted by Gasteiger charge is -2.21. The summed E-state index contributed by atoms with van der Waals surface area (Å²) < 4.78 is 5.61. The second-order valence-corrected chi connectivity index (χ2v) is 7.65. The minimum Gasteiger partial charge on any atom is -0.405 e. The van der Waals surface area contributed by atoms with Crippen LogP contribution < -0.4 is 0 Å². The minimum atomic E-state index is -0.970. The second kappa shape index (κ2) is 7.80. The van der Waals surface area contributed by atoms with Crippen molar-refractivity contribution in [1.82, 2.24) is 0 Å². The van der Waals surface area contributed by atoms with E-state index < -0.39 is 4.87 Å². The van der Waals surface area contributed by atoms with Crippen LogP contribution in [-0.2, 0) is 21.7 Å². The maximum absolute atomic E-state index is 12.9. The van der Waals surface area contributed by atoms with Gasteiger partial charge in [-0.15, -0.1) is 11.8 Å². The van der Waals surface area contributed by atoms with E-state index in [0.29, 0.717) is 18.1 Å². The molecule has 27 heavy (non-hydrogen) atoms. The van der Waals surface area contributed by atoms with E-state index >= 15 is 0 Å². The Bertz CT molecular complexity index is 942. The third-order valence-electron chi connectivity index (χ3n) is 4.42. The molecule has 0 saturated heterocycles. The molecule has 1 heterocycles. The van der Waals surface area contributed by atoms with Crippen molar-refractivity contribution < 1.29 is 9.53 Å². The number of ether oxygens (including phenoxy) is 1. The van der Waals surface area contributed by atoms with E-state index in [4.69, 9.17) is 9.73 Å². The predicted molar refractivity (Wildman–Crippen MR) is 110 cm³/mol. The summed E-state index contributed by atoms with van der Waals surface area (Å²) in [5.74, 6) is 0.789. The molecule has 3 aromatic carbocycles. The Morgan fingerprint density at radius 2 is 1.33 bits per heavy atom. The van der Waals surface area contributed by atoms with Gasteiger partial charge in [0.05, 0.1) is 0 Å². The molecule has 1 atom stereocenters. The smallest absolute Gasteiger partial charge is 0.351 e. The highest BCUT2D eigenvalue weighted by molar-refractivity contribution is 8.00. The number of nitrogens with zero attached hydrogens (tertiary/aromatic N) is 1. The summed E-state index contributed by atoms with van der Waals surface area (Å²) in [6.45, 7) is 0. The third kappa shape index (κ3) is 3.96. The zero-order valence-electron chi connectivity index (χ0n) is 14.7. The Morgan fingerprint density at radius 3 is 1.96 bits per heavy atom. The van der Waals surface area contributed by atoms with Crippen molar-refractivity contribution in [2.75, 3.05) is 0 Å². The predicted octanol–water partition coefficient (Wildman–Crippen LogP) is 4.86. The fourth-order valence-electron chi connectivity index (χ4n) is 3.01. The number of aliphatic imine (C=N–C) groups is 1. The lowest BCUT2D eigenvalue weighted by molar-refractivity contribution is -0.136. The number of thioether (sulfide) groups is 1. The number of hydrogen-bond donors (Lipinski definition) is 0. The summed E-state index contributed by atoms with van der Waals surface area (Å²) in [5, 5.41) is 0. The van der Waals surface area contributed by atoms with Crippen LogP contribution in [0.3, 0.4) is 0 Å². The van der Waals surface area contributed by atoms with Crippen molar-refractivity contribution in [3.05, 3.63) is 108 Å². The molecule has 1 aliphatic rings. The Labute approximate surface area is 163 Å². The first-order chi connectivity index (χ1) is 13.3. The van der Waals surface area contributed by atoms with E-state index in [1.165, 1.54) is 11.8 Å². The van der Waals surface area contributed by atoms with Gasteiger partial charge in [0.1, 0.15) is 0 Å². The van der Waals surface area contributed by atoms with Crippen molar-refractivity contribution >= 4 is 23.6 Å². The van der Waals surface area contributed by atoms with Crippen LogP contribution in [0.2, 0.25) is 0 Å². The van der Waals surface area contributed by atoms with E-state index in [2.05, 4.69) is 12.1 Å². The number of rotatable bonds is 6. The molecule has 1 aliphatic heterocycles. The van der Waals surface area contributed by atoms with Gasteiger partial charge in [0.2, 0.25) is 10.8 Å². The van der Waals surface area contributed by atoms with Gasteiger partial charge < -0.3 is 4.74 Å². The fourth-order valence-corrected chi connectivity index (χ4v) is 4.18. The van der Waals surface area contributed by atoms with Crippen LogP contribution in [0.1, 0.15) is 16.7 Å². The standard InChI is InChI=1S/C23H19NO2S/c25-22-23(16-18-10-4-1-5-11-18,27-17-19-12-6-2-7-13-19)24-21(26-22)20-14-8-3-9-15-20/h1-15H,16-17H2/t23-/m1/s1. The molecule has 4 rings (SSSR count). The highest BCUT2D eigenvalue weighted by Crippen LogP contribution is 2.39. The summed E-state index contributed by atoms with van der Waals surface area (Å²) in [4.78, 5) is 16.8. The van der Waals surface area contributed by atoms with Gasteiger partial charge in [-0.05, 0) is 23.3 Å². The van der Waals surface area contributed by atoms with Gasteiger partial charge in [0, 0.05) is 17.7 Å². The second-order valence-electron chi connectivity index (χ2n) is 6.39. The number of carbonyl (C=O) groups is 1. The van der Waals surface area contributed by atoms with Crippen molar-refractivity contribution in [1.29, 1.82) is 0 Å². The van der Waals surface area contributed by atoms with Crippen LogP contribution in [0, 0.1) is 0 Å². The topological polar surface area (TPSA) is 38.7 Å². The summed E-state index contributed by atoms with van der Waals surface area (Å²) in [6, 6.07) is 29.7. The zero-order chi connectivity index (χ0) is 18.5. The monoisotopic (exact) mass is 373 g/mol. The van der Waals surface area contributed by atoms with Gasteiger partial charge in [-0.2, -0.15) is 0 Å². The lowest BCUT2D eigenvalue weighted by atomic mass is 10.1. The number of cyclic esters (lactones) is 1. The molecule has 0 saturated carbocycles. The van der Waals surface area contributed by atoms with Gasteiger partial charge in [0.15, 0.2) is 0 Å². The Hall–Kier alpha value is -2.85. The number of carbonyl (C=O) groups excluding carboxylic acids is 1. The SMILES string of the molecule is O=C1OC(c2ccccc2)=N[C@]1(Cc1ccccc1)SCc1ccccc1. The normalized spacial score (nSPS) is 18.8. The molecular weight excluding hydrogens is 354 g/mol. The summed E-state index contributed by atoms with van der Waals surface area (Å²) in [7, 11) is 0. The summed E-state index contributed by atoms with van der Waals surface area (Å²) >= 11 is 1.52. The van der Waals surface area contributed by atoms with Crippen LogP contribution in [0.5, 0.6) is 0 Å². The number of benzene rings is 3. The minimum absolute atomic E-state index is 0.300. The molecule has 0 amide bonds. The maximum Gasteiger partial charge on any atom is 0.351 e. The molecular formula is C23H19NO2S. The Morgan fingerprint density at radius 1 is 0.778 bits per heavy atom. The van der Waals surface area contributed by atoms with E-state index in [0.717, 1.165) is 16.7 Å². The molecule has 0 unspecified atom stereocenters. The van der Waals surface area contributed by atoms with Crippen molar-refractivity contribution in [3.63, 3.8) is 0 Å². The van der Waals surface area contributed by atoms with Crippen LogP contribution in [0.4, 0.5) is 0 Å². The van der Waals surface area contributed by atoms with Crippen molar-refractivity contribution in [2.45, 2.75) is 17.0 Å². The van der Waals surface area contributed by atoms with Crippen LogP contribution in [0.15, 0.2) is 96.0 Å². The van der Waals surface area contributed by atoms with Gasteiger partial charge in [0.25, 0.3) is 0 Å². The number of esters is 1. The lowest BCUT2D eigenvalue weighted by Crippen LogP contribution is -2.33. The fraction of sp³-hybridized carbons (Fsp3) is 0.130. The highest BCUT2D eigenvalue weighted by Gasteiger charge is 2.47. The molecule has 0 radical (unpaired) electrons. The summed E-state index contributed by atoms with van der Waals surface area (Å²) in [6.07, 6.45) is 0.501. The van der Waals surface area contributed by atoms with Crippen molar-refractivity contribution in [2.24, 2.45) is 4.99 Å². The molecule has 3 nitrogen and oxygen atoms in total. The van der Waals surface area contributed by atoms with E-state index in [9.17, 15) is 4.79 Å². The zero-order valence-corrected chi connectivity index (χ0v) is 15.6. The van der Waals surface area contributed by atoms with Gasteiger partial charge in [-0.25, -0.2) is 9.79 Å². The average Bonchev–Trinajstić information content (AvgIpc) is 3.05. The first kappa shape index (κ1) is 17.6. The number of hydrogen-bond acceptors (Lipinski definition) is 4. The molecule has 134 valence electrons. The van der Waals surface area contributed by atoms with Crippen LogP contribution >= 0.6 is 11.8 Å². The molecule has 0 bridgehead atoms. The molecule has 0 aliphatic carbocycles. The van der Waals surface area contributed by atoms with Gasteiger partial charge >= 0.3 is 5.97 Å². The molecule has 0 N–H and O–H groups in total. The molecule has 0 aromatic heterocycles. The third-order valence-corrected chi connectivity index (χ3v) is 5.78. The van der Waals surface area contributed by atoms with Crippen LogP contribution in [0.25, 0.3) is 0 Å². The molecule has 0 spiro atoms. The molecule has 0 fully saturated rings. The first-order valence-corrected chi connectivity index (χ1v) is 9.83. The van der Waals surface area contributed by atoms with E-state index in [-0.39, 0.29) is 5.97 Å². The van der Waals surface area contributed by atoms with E-state index in [1.807, 2.05) is 78.9 Å². The maximum atomic E-state index is 12.9. The Kier molecular flexibility index (Phi) is 5.07. The molecule has 4 heteroatoms. The summed E-state index contributed by atoms with van der Waals surface area (Å²) in [5.41, 5.74) is 3.04. The Balaban J connectivity index is 1.67. The van der Waals surface area contributed by atoms with Crippen LogP contribution in [-0.4, -0.2) is 16.7 Å². The molecule has 3 aromatic rings. The largest absolute Gasteiger partial charge is 0.405 e. The van der Waals surface area contributed by atoms with Gasteiger partial charge in [-0.1, -0.05) is 78.9 Å². The van der Waals surface area contributed by atoms with Gasteiger partial charge in [-0.3, -0.25) is 0 Å². The average molecular weight is 373 g/mol. The van der Waals surface area contributed by atoms with E-state index in [1.54, 1.807) is 0 Å². The van der Waals surface area contributed by atoms with Crippen molar-refractivity contribution in [3.8, 4) is 0 Å². The highest BCUT2D eigenvalue weighted by atomic mass is 32.2. The first-order valence-electron chi connectivity index (χ1n) is 8.85. The quantitative estimate of drug-likeness (QED) is 0.579.